The predicted octanol–water partition coefficient (Wildman–Crippen LogP) is 4.54. The molecule has 2 rings (SSSR count). The summed E-state index contributed by atoms with van der Waals surface area (Å²) in [5, 5.41) is 6.54. The molecule has 0 fully saturated rings. The molecule has 0 aliphatic rings. The number of rotatable bonds is 7. The molecule has 1 N–H and O–H groups in total. The second-order valence-electron chi connectivity index (χ2n) is 5.44. The monoisotopic (exact) mass is 368 g/mol. The van der Waals surface area contributed by atoms with Crippen molar-refractivity contribution in [1.29, 1.82) is 0 Å². The van der Waals surface area contributed by atoms with Gasteiger partial charge in [0.05, 0.1) is 15.2 Å². The van der Waals surface area contributed by atoms with Gasteiger partial charge in [0.25, 0.3) is 0 Å². The lowest BCUT2D eigenvalue weighted by Crippen LogP contribution is -2.18. The summed E-state index contributed by atoms with van der Waals surface area (Å²) < 4.78 is 6.80. The van der Waals surface area contributed by atoms with Crippen LogP contribution in [0.2, 0.25) is 0 Å². The zero-order valence-corrected chi connectivity index (χ0v) is 15.1. The van der Waals surface area contributed by atoms with E-state index in [-0.39, 0.29) is 0 Å². The van der Waals surface area contributed by atoms with Crippen LogP contribution in [-0.4, -0.2) is 11.5 Å². The van der Waals surface area contributed by atoms with Crippen molar-refractivity contribution >= 4 is 27.3 Å². The number of nitrogens with one attached hydrogen (secondary N) is 1. The van der Waals surface area contributed by atoms with Crippen LogP contribution in [0.1, 0.15) is 30.1 Å². The molecule has 114 valence electrons. The fourth-order valence-corrected chi connectivity index (χ4v) is 3.04. The topological polar surface area (TPSA) is 34.1 Å². The minimum absolute atomic E-state index is 0.508. The van der Waals surface area contributed by atoms with Gasteiger partial charge in [0.1, 0.15) is 12.4 Å². The van der Waals surface area contributed by atoms with Gasteiger partial charge >= 0.3 is 0 Å². The first-order valence-electron chi connectivity index (χ1n) is 7.07. The van der Waals surface area contributed by atoms with Crippen LogP contribution in [0.25, 0.3) is 0 Å². The largest absolute Gasteiger partial charge is 0.486 e. The van der Waals surface area contributed by atoms with Crippen LogP contribution in [0.5, 0.6) is 5.75 Å². The molecular weight excluding hydrogens is 348 g/mol. The number of hydrogen-bond donors (Lipinski definition) is 1. The summed E-state index contributed by atoms with van der Waals surface area (Å²) in [6.45, 7) is 8.83. The van der Waals surface area contributed by atoms with Crippen molar-refractivity contribution in [3.05, 3.63) is 44.3 Å². The van der Waals surface area contributed by atoms with Crippen molar-refractivity contribution in [2.75, 3.05) is 6.54 Å². The van der Waals surface area contributed by atoms with Crippen LogP contribution in [0.4, 0.5) is 0 Å². The lowest BCUT2D eigenvalue weighted by atomic mass is 10.2. The highest BCUT2D eigenvalue weighted by molar-refractivity contribution is 9.10. The van der Waals surface area contributed by atoms with Gasteiger partial charge in [0, 0.05) is 11.9 Å². The van der Waals surface area contributed by atoms with Crippen LogP contribution >= 0.6 is 27.3 Å². The molecule has 2 aromatic rings. The normalized spacial score (nSPS) is 11.1. The van der Waals surface area contributed by atoms with E-state index < -0.39 is 0 Å². The highest BCUT2D eigenvalue weighted by Crippen LogP contribution is 2.27. The molecule has 3 nitrogen and oxygen atoms in total. The summed E-state index contributed by atoms with van der Waals surface area (Å²) in [5.41, 5.74) is 2.23. The molecule has 1 aromatic carbocycles. The molecule has 0 aliphatic heterocycles. The Balaban J connectivity index is 1.89. The Hall–Kier alpha value is -0.910. The van der Waals surface area contributed by atoms with E-state index in [9.17, 15) is 0 Å². The summed E-state index contributed by atoms with van der Waals surface area (Å²) in [6.07, 6.45) is 0. The molecule has 0 amide bonds. The van der Waals surface area contributed by atoms with Gasteiger partial charge in [-0.15, -0.1) is 11.3 Å². The second kappa shape index (κ2) is 7.92. The van der Waals surface area contributed by atoms with Gasteiger partial charge in [-0.2, -0.15) is 0 Å². The molecule has 1 aromatic heterocycles. The summed E-state index contributed by atoms with van der Waals surface area (Å²) in [6, 6.07) is 6.21. The molecule has 0 radical (unpaired) electrons. The third-order valence-electron chi connectivity index (χ3n) is 2.92. The minimum atomic E-state index is 0.508. The lowest BCUT2D eigenvalue weighted by Gasteiger charge is -2.10. The third kappa shape index (κ3) is 5.41. The van der Waals surface area contributed by atoms with Gasteiger partial charge in [-0.25, -0.2) is 4.98 Å². The van der Waals surface area contributed by atoms with Crippen molar-refractivity contribution in [2.45, 2.75) is 33.9 Å². The summed E-state index contributed by atoms with van der Waals surface area (Å²) in [5.74, 6) is 1.52. The Labute approximate surface area is 138 Å². The fourth-order valence-electron chi connectivity index (χ4n) is 1.90. The maximum Gasteiger partial charge on any atom is 0.134 e. The summed E-state index contributed by atoms with van der Waals surface area (Å²) >= 11 is 5.22. The second-order valence-corrected chi connectivity index (χ2v) is 7.35. The fraction of sp³-hybridized carbons (Fsp3) is 0.438. The van der Waals surface area contributed by atoms with E-state index in [1.54, 1.807) is 11.3 Å². The number of hydrogen-bond acceptors (Lipinski definition) is 4. The zero-order chi connectivity index (χ0) is 15.2. The first kappa shape index (κ1) is 16.5. The van der Waals surface area contributed by atoms with E-state index in [1.807, 2.05) is 18.4 Å². The first-order chi connectivity index (χ1) is 10.0. The van der Waals surface area contributed by atoms with Crippen molar-refractivity contribution in [1.82, 2.24) is 10.3 Å². The van der Waals surface area contributed by atoms with Crippen LogP contribution in [0.15, 0.2) is 28.1 Å². The molecule has 21 heavy (non-hydrogen) atoms. The van der Waals surface area contributed by atoms with Crippen molar-refractivity contribution in [2.24, 2.45) is 5.92 Å². The van der Waals surface area contributed by atoms with Gasteiger partial charge in [0.15, 0.2) is 0 Å². The quantitative estimate of drug-likeness (QED) is 0.778. The SMILES string of the molecule is Cc1nc(COc2ccc(CNCC(C)C)cc2Br)cs1. The van der Waals surface area contributed by atoms with Crippen LogP contribution in [0, 0.1) is 12.8 Å². The smallest absolute Gasteiger partial charge is 0.134 e. The number of ether oxygens (including phenoxy) is 1. The average Bonchev–Trinajstić information content (AvgIpc) is 2.83. The molecule has 0 bridgehead atoms. The molecule has 5 heteroatoms. The molecule has 0 unspecified atom stereocenters. The minimum Gasteiger partial charge on any atom is -0.486 e. The number of thiazole rings is 1. The van der Waals surface area contributed by atoms with E-state index in [4.69, 9.17) is 4.74 Å². The Kier molecular flexibility index (Phi) is 6.21. The molecule has 0 aliphatic carbocycles. The molecule has 0 saturated carbocycles. The summed E-state index contributed by atoms with van der Waals surface area (Å²) in [7, 11) is 0. The van der Waals surface area contributed by atoms with Gasteiger partial charge in [-0.3, -0.25) is 0 Å². The van der Waals surface area contributed by atoms with Crippen molar-refractivity contribution in [3.8, 4) is 5.75 Å². The van der Waals surface area contributed by atoms with E-state index in [2.05, 4.69) is 52.2 Å². The Morgan fingerprint density at radius 1 is 1.38 bits per heavy atom. The summed E-state index contributed by atoms with van der Waals surface area (Å²) in [4.78, 5) is 4.40. The average molecular weight is 369 g/mol. The number of halogens is 1. The van der Waals surface area contributed by atoms with E-state index >= 15 is 0 Å². The highest BCUT2D eigenvalue weighted by atomic mass is 79.9. The standard InChI is InChI=1S/C16H21BrN2OS/c1-11(2)7-18-8-13-4-5-16(15(17)6-13)20-9-14-10-21-12(3)19-14/h4-6,10-11,18H,7-9H2,1-3H3. The third-order valence-corrected chi connectivity index (χ3v) is 4.36. The maximum atomic E-state index is 5.81. The van der Waals surface area contributed by atoms with Crippen LogP contribution in [0.3, 0.4) is 0 Å². The van der Waals surface area contributed by atoms with E-state index in [1.165, 1.54) is 5.56 Å². The van der Waals surface area contributed by atoms with Crippen molar-refractivity contribution in [3.63, 3.8) is 0 Å². The molecule has 0 atom stereocenters. The highest BCUT2D eigenvalue weighted by Gasteiger charge is 2.05. The predicted molar refractivity (Wildman–Crippen MR) is 91.9 cm³/mol. The Bertz CT molecular complexity index is 583. The maximum absolute atomic E-state index is 5.81. The Morgan fingerprint density at radius 3 is 2.81 bits per heavy atom. The number of aryl methyl sites for hydroxylation is 1. The molecular formula is C16H21BrN2OS. The number of nitrogens with zero attached hydrogens (tertiary/aromatic N) is 1. The Morgan fingerprint density at radius 2 is 2.19 bits per heavy atom. The van der Waals surface area contributed by atoms with E-state index in [0.29, 0.717) is 12.5 Å². The van der Waals surface area contributed by atoms with Crippen molar-refractivity contribution < 1.29 is 4.74 Å². The lowest BCUT2D eigenvalue weighted by molar-refractivity contribution is 0.300. The van der Waals surface area contributed by atoms with E-state index in [0.717, 1.165) is 34.0 Å². The van der Waals surface area contributed by atoms with Crippen LogP contribution in [-0.2, 0) is 13.2 Å². The van der Waals surface area contributed by atoms with Gasteiger partial charge in [0.2, 0.25) is 0 Å². The number of aromatic nitrogens is 1. The van der Waals surface area contributed by atoms with Gasteiger partial charge in [-0.1, -0.05) is 19.9 Å². The van der Waals surface area contributed by atoms with Gasteiger partial charge in [-0.05, 0) is 53.0 Å². The molecule has 1 heterocycles. The first-order valence-corrected chi connectivity index (χ1v) is 8.75. The van der Waals surface area contributed by atoms with Crippen LogP contribution < -0.4 is 10.1 Å². The van der Waals surface area contributed by atoms with Gasteiger partial charge < -0.3 is 10.1 Å². The number of benzene rings is 1. The molecule has 0 saturated heterocycles. The molecule has 0 spiro atoms. The zero-order valence-electron chi connectivity index (χ0n) is 12.6.